The van der Waals surface area contributed by atoms with Crippen LogP contribution in [0.1, 0.15) is 34.9 Å². The number of hydroxylamine groups is 2. The minimum Gasteiger partial charge on any atom is -0.467 e. The molecular formula is C24H26Cl2F3N7O4. The Labute approximate surface area is 237 Å². The lowest BCUT2D eigenvalue weighted by Crippen LogP contribution is -2.35. The number of hydrogen-bond acceptors (Lipinski definition) is 10. The number of nitrogens with two attached hydrogens (primary N) is 2. The Balaban J connectivity index is 1.72. The van der Waals surface area contributed by atoms with E-state index in [4.69, 9.17) is 44.1 Å². The van der Waals surface area contributed by atoms with Gasteiger partial charge in [0.2, 0.25) is 0 Å². The topological polar surface area (TPSA) is 152 Å². The molecule has 4 rings (SSSR count). The van der Waals surface area contributed by atoms with Crippen molar-refractivity contribution >= 4 is 46.3 Å². The molecule has 40 heavy (non-hydrogen) atoms. The zero-order chi connectivity index (χ0) is 29.4. The average Bonchev–Trinajstić information content (AvgIpc) is 3.15. The summed E-state index contributed by atoms with van der Waals surface area (Å²) in [6.45, 7) is 0.800. The molecule has 216 valence electrons. The summed E-state index contributed by atoms with van der Waals surface area (Å²) in [5.41, 5.74) is 11.4. The van der Waals surface area contributed by atoms with Crippen LogP contribution in [-0.4, -0.2) is 65.6 Å². The number of halogens is 5. The van der Waals surface area contributed by atoms with Crippen molar-refractivity contribution < 1.29 is 32.6 Å². The predicted molar refractivity (Wildman–Crippen MR) is 141 cm³/mol. The monoisotopic (exact) mass is 603 g/mol. The number of fused-ring (bicyclic) bond motifs is 1. The molecular weight excluding hydrogens is 578 g/mol. The SMILES string of the molecule is COc1nc2c(c(N3CCCN=C(/C(Cl)=C(\N)C(=O)N(C)O)C3)n1)COC(c1cc(N)cc(Cl)c1C(F)(F)F)C2. The fraction of sp³-hybridized carbons (Fsp3) is 0.417. The summed E-state index contributed by atoms with van der Waals surface area (Å²) in [4.78, 5) is 27.3. The highest BCUT2D eigenvalue weighted by molar-refractivity contribution is 6.45. The quantitative estimate of drug-likeness (QED) is 0.202. The first-order chi connectivity index (χ1) is 18.8. The molecule has 0 radical (unpaired) electrons. The molecule has 11 nitrogen and oxygen atoms in total. The molecule has 1 aromatic carbocycles. The van der Waals surface area contributed by atoms with Gasteiger partial charge in [0.1, 0.15) is 11.5 Å². The van der Waals surface area contributed by atoms with Crippen molar-refractivity contribution in [1.82, 2.24) is 15.0 Å². The number of rotatable bonds is 5. The molecule has 0 saturated carbocycles. The molecule has 0 saturated heterocycles. The number of likely N-dealkylation sites (N-methyl/N-ethyl adjacent to an activating group) is 1. The third-order valence-electron chi connectivity index (χ3n) is 6.36. The Morgan fingerprint density at radius 3 is 2.70 bits per heavy atom. The van der Waals surface area contributed by atoms with E-state index >= 15 is 0 Å². The van der Waals surface area contributed by atoms with Crippen LogP contribution in [0.3, 0.4) is 0 Å². The number of anilines is 2. The summed E-state index contributed by atoms with van der Waals surface area (Å²) < 4.78 is 52.9. The van der Waals surface area contributed by atoms with Crippen molar-refractivity contribution in [3.05, 3.63) is 50.3 Å². The lowest BCUT2D eigenvalue weighted by Gasteiger charge is -2.31. The van der Waals surface area contributed by atoms with Crippen LogP contribution in [-0.2, 0) is 28.7 Å². The number of carbonyl (C=O) groups excluding carboxylic acids is 1. The molecule has 5 N–H and O–H groups in total. The van der Waals surface area contributed by atoms with E-state index in [0.29, 0.717) is 41.6 Å². The first kappa shape index (κ1) is 29.6. The molecule has 1 aromatic heterocycles. The summed E-state index contributed by atoms with van der Waals surface area (Å²) in [7, 11) is 2.48. The van der Waals surface area contributed by atoms with Gasteiger partial charge < -0.3 is 25.8 Å². The molecule has 1 unspecified atom stereocenters. The Morgan fingerprint density at radius 2 is 2.05 bits per heavy atom. The van der Waals surface area contributed by atoms with Crippen molar-refractivity contribution in [3.63, 3.8) is 0 Å². The minimum atomic E-state index is -4.74. The van der Waals surface area contributed by atoms with Gasteiger partial charge in [-0.05, 0) is 24.1 Å². The number of nitrogen functional groups attached to an aromatic ring is 1. The molecule has 0 aliphatic carbocycles. The summed E-state index contributed by atoms with van der Waals surface area (Å²) in [6.07, 6.45) is -5.23. The number of ether oxygens (including phenoxy) is 2. The van der Waals surface area contributed by atoms with E-state index in [9.17, 15) is 23.2 Å². The van der Waals surface area contributed by atoms with Crippen LogP contribution in [0.15, 0.2) is 27.9 Å². The molecule has 2 aliphatic heterocycles. The maximum Gasteiger partial charge on any atom is 0.418 e. The third-order valence-corrected chi connectivity index (χ3v) is 7.08. The van der Waals surface area contributed by atoms with Crippen LogP contribution >= 0.6 is 23.2 Å². The lowest BCUT2D eigenvalue weighted by molar-refractivity contribution is -0.154. The van der Waals surface area contributed by atoms with E-state index in [2.05, 4.69) is 15.0 Å². The lowest BCUT2D eigenvalue weighted by atomic mass is 9.94. The van der Waals surface area contributed by atoms with E-state index in [-0.39, 0.29) is 53.3 Å². The Morgan fingerprint density at radius 1 is 1.32 bits per heavy atom. The van der Waals surface area contributed by atoms with Crippen molar-refractivity contribution in [3.8, 4) is 6.01 Å². The fourth-order valence-corrected chi connectivity index (χ4v) is 5.06. The minimum absolute atomic E-state index is 0.00276. The Kier molecular flexibility index (Phi) is 8.63. The number of hydrogen-bond donors (Lipinski definition) is 3. The average molecular weight is 604 g/mol. The van der Waals surface area contributed by atoms with E-state index in [0.717, 1.165) is 13.1 Å². The van der Waals surface area contributed by atoms with E-state index in [1.807, 2.05) is 4.90 Å². The maximum atomic E-state index is 13.9. The summed E-state index contributed by atoms with van der Waals surface area (Å²) in [5.74, 6) is -0.492. The molecule has 2 aromatic rings. The number of amides is 1. The van der Waals surface area contributed by atoms with Gasteiger partial charge in [-0.2, -0.15) is 23.1 Å². The number of carbonyl (C=O) groups is 1. The van der Waals surface area contributed by atoms with Crippen molar-refractivity contribution in [2.75, 3.05) is 44.4 Å². The second kappa shape index (κ2) is 11.6. The number of benzene rings is 1. The number of methoxy groups -OCH3 is 1. The van der Waals surface area contributed by atoms with Gasteiger partial charge in [-0.3, -0.25) is 15.0 Å². The van der Waals surface area contributed by atoms with Gasteiger partial charge in [-0.1, -0.05) is 23.2 Å². The molecule has 0 bridgehead atoms. The Bertz CT molecular complexity index is 1390. The molecule has 16 heteroatoms. The zero-order valence-electron chi connectivity index (χ0n) is 21.4. The smallest absolute Gasteiger partial charge is 0.418 e. The van der Waals surface area contributed by atoms with E-state index in [1.54, 1.807) is 0 Å². The first-order valence-corrected chi connectivity index (χ1v) is 12.7. The summed E-state index contributed by atoms with van der Waals surface area (Å²) in [6, 6.07) is 2.24. The highest BCUT2D eigenvalue weighted by Crippen LogP contribution is 2.44. The van der Waals surface area contributed by atoms with Gasteiger partial charge in [0.15, 0.2) is 0 Å². The first-order valence-electron chi connectivity index (χ1n) is 11.9. The van der Waals surface area contributed by atoms with Gasteiger partial charge in [0.25, 0.3) is 5.91 Å². The molecule has 0 fully saturated rings. The number of alkyl halides is 3. The second-order valence-electron chi connectivity index (χ2n) is 9.09. The normalized spacial score (nSPS) is 18.4. The Hall–Kier alpha value is -3.33. The molecule has 1 amide bonds. The molecule has 2 aliphatic rings. The van der Waals surface area contributed by atoms with Gasteiger partial charge in [0, 0.05) is 37.8 Å². The van der Waals surface area contributed by atoms with Crippen molar-refractivity contribution in [1.29, 1.82) is 0 Å². The largest absolute Gasteiger partial charge is 0.467 e. The van der Waals surface area contributed by atoms with Gasteiger partial charge in [-0.15, -0.1) is 0 Å². The highest BCUT2D eigenvalue weighted by atomic mass is 35.5. The van der Waals surface area contributed by atoms with Crippen LogP contribution < -0.4 is 21.1 Å². The van der Waals surface area contributed by atoms with Crippen molar-refractivity contribution in [2.45, 2.75) is 31.7 Å². The highest BCUT2D eigenvalue weighted by Gasteiger charge is 2.40. The molecule has 0 spiro atoms. The summed E-state index contributed by atoms with van der Waals surface area (Å²) in [5, 5.41) is 9.11. The summed E-state index contributed by atoms with van der Waals surface area (Å²) >= 11 is 12.3. The van der Waals surface area contributed by atoms with Crippen LogP contribution in [0.4, 0.5) is 24.7 Å². The molecule has 1 atom stereocenters. The number of aliphatic imine (C=N–C) groups is 1. The predicted octanol–water partition coefficient (Wildman–Crippen LogP) is 3.46. The van der Waals surface area contributed by atoms with Gasteiger partial charge in [-0.25, -0.2) is 5.06 Å². The van der Waals surface area contributed by atoms with Crippen LogP contribution in [0.5, 0.6) is 6.01 Å². The van der Waals surface area contributed by atoms with Crippen molar-refractivity contribution in [2.24, 2.45) is 10.7 Å². The number of nitrogens with zero attached hydrogens (tertiary/aromatic N) is 5. The molecule has 3 heterocycles. The fourth-order valence-electron chi connectivity index (χ4n) is 4.51. The zero-order valence-corrected chi connectivity index (χ0v) is 22.9. The van der Waals surface area contributed by atoms with E-state index in [1.165, 1.54) is 13.2 Å². The van der Waals surface area contributed by atoms with Crippen LogP contribution in [0.25, 0.3) is 0 Å². The van der Waals surface area contributed by atoms with E-state index < -0.39 is 28.8 Å². The van der Waals surface area contributed by atoms with Gasteiger partial charge in [0.05, 0.1) is 53.4 Å². The van der Waals surface area contributed by atoms with Gasteiger partial charge >= 0.3 is 12.2 Å². The number of aromatic nitrogens is 2. The second-order valence-corrected chi connectivity index (χ2v) is 9.87. The van der Waals surface area contributed by atoms with Crippen LogP contribution in [0, 0.1) is 0 Å². The third kappa shape index (κ3) is 6.04. The van der Waals surface area contributed by atoms with Crippen LogP contribution in [0.2, 0.25) is 5.02 Å². The maximum absolute atomic E-state index is 13.9. The standard InChI is InChI=1S/C24H26Cl2F3N7O4/c1-35(38)22(37)20(31)19(26)16-9-36(5-3-4-32-16)21-13-10-40-17(8-15(13)33-23(34-21)39-2)12-6-11(30)7-14(25)18(12)24(27,28)29/h6-7,17,38H,3-5,8-10,30-31H2,1-2H3/b20-19+.